The van der Waals surface area contributed by atoms with Crippen molar-refractivity contribution in [1.29, 1.82) is 5.26 Å². The lowest BCUT2D eigenvalue weighted by Gasteiger charge is -2.25. The first-order chi connectivity index (χ1) is 9.74. The second kappa shape index (κ2) is 6.74. The van der Waals surface area contributed by atoms with E-state index in [4.69, 9.17) is 0 Å². The van der Waals surface area contributed by atoms with Gasteiger partial charge in [0.15, 0.2) is 0 Å². The summed E-state index contributed by atoms with van der Waals surface area (Å²) in [6, 6.07) is 18.0. The van der Waals surface area contributed by atoms with Crippen molar-refractivity contribution in [3.05, 3.63) is 65.2 Å². The van der Waals surface area contributed by atoms with Crippen LogP contribution in [0.15, 0.2) is 48.5 Å². The number of nitrogens with zero attached hydrogens (tertiary/aromatic N) is 2. The van der Waals surface area contributed by atoms with E-state index in [1.807, 2.05) is 60.4 Å². The summed E-state index contributed by atoms with van der Waals surface area (Å²) in [5.74, 6) is 0. The number of aliphatic hydroxyl groups is 1. The highest BCUT2D eigenvalue weighted by atomic mass is 16.3. The van der Waals surface area contributed by atoms with Gasteiger partial charge in [-0.15, -0.1) is 0 Å². The molecule has 2 aromatic rings. The van der Waals surface area contributed by atoms with Gasteiger partial charge in [0.25, 0.3) is 0 Å². The van der Waals surface area contributed by atoms with Gasteiger partial charge in [-0.3, -0.25) is 0 Å². The highest BCUT2D eigenvalue weighted by Crippen LogP contribution is 2.23. The van der Waals surface area contributed by atoms with E-state index in [-0.39, 0.29) is 6.61 Å². The van der Waals surface area contributed by atoms with Crippen LogP contribution in [0.2, 0.25) is 0 Å². The van der Waals surface area contributed by atoms with Crippen molar-refractivity contribution in [3.8, 4) is 6.07 Å². The number of aryl methyl sites for hydroxylation is 1. The molecule has 0 aliphatic carbocycles. The molecule has 0 aliphatic rings. The quantitative estimate of drug-likeness (QED) is 0.905. The highest BCUT2D eigenvalue weighted by Gasteiger charge is 2.11. The molecule has 0 spiro atoms. The number of benzene rings is 2. The number of hydrogen-bond donors (Lipinski definition) is 1. The molecule has 102 valence electrons. The number of hydrogen-bond acceptors (Lipinski definition) is 3. The van der Waals surface area contributed by atoms with E-state index in [2.05, 4.69) is 6.07 Å². The molecule has 0 amide bonds. The van der Waals surface area contributed by atoms with Crippen LogP contribution in [0.4, 0.5) is 5.69 Å². The molecule has 0 atom stereocenters. The maximum atomic E-state index is 9.28. The van der Waals surface area contributed by atoms with Gasteiger partial charge in [-0.25, -0.2) is 0 Å². The molecule has 2 aromatic carbocycles. The normalized spacial score (nSPS) is 10.1. The summed E-state index contributed by atoms with van der Waals surface area (Å²) in [6.45, 7) is 3.25. The Hall–Kier alpha value is -2.31. The molecule has 0 saturated carbocycles. The van der Waals surface area contributed by atoms with Gasteiger partial charge in [-0.05, 0) is 30.2 Å². The smallest absolute Gasteiger partial charge is 0.101 e. The third-order valence-electron chi connectivity index (χ3n) is 3.20. The van der Waals surface area contributed by atoms with E-state index in [1.54, 1.807) is 0 Å². The average molecular weight is 266 g/mol. The number of aliphatic hydroxyl groups excluding tert-OH is 1. The third-order valence-corrected chi connectivity index (χ3v) is 3.20. The van der Waals surface area contributed by atoms with E-state index >= 15 is 0 Å². The number of anilines is 1. The van der Waals surface area contributed by atoms with Crippen LogP contribution < -0.4 is 4.90 Å². The summed E-state index contributed by atoms with van der Waals surface area (Å²) >= 11 is 0. The maximum Gasteiger partial charge on any atom is 0.101 e. The monoisotopic (exact) mass is 266 g/mol. The summed E-state index contributed by atoms with van der Waals surface area (Å²) in [6.07, 6.45) is 0. The third kappa shape index (κ3) is 3.37. The lowest BCUT2D eigenvalue weighted by atomic mass is 10.1. The zero-order valence-corrected chi connectivity index (χ0v) is 11.6. The maximum absolute atomic E-state index is 9.28. The Balaban J connectivity index is 2.33. The topological polar surface area (TPSA) is 47.3 Å². The van der Waals surface area contributed by atoms with Gasteiger partial charge in [0.1, 0.15) is 6.07 Å². The van der Waals surface area contributed by atoms with Gasteiger partial charge in [0.05, 0.1) is 17.9 Å². The van der Waals surface area contributed by atoms with Gasteiger partial charge in [-0.2, -0.15) is 5.26 Å². The van der Waals surface area contributed by atoms with Crippen LogP contribution in [-0.2, 0) is 6.54 Å². The minimum Gasteiger partial charge on any atom is -0.395 e. The Labute approximate surface area is 119 Å². The van der Waals surface area contributed by atoms with Crippen molar-refractivity contribution in [2.24, 2.45) is 0 Å². The van der Waals surface area contributed by atoms with Crippen molar-refractivity contribution in [1.82, 2.24) is 0 Å². The Morgan fingerprint density at radius 2 is 1.90 bits per heavy atom. The molecule has 3 heteroatoms. The standard InChI is InChI=1S/C17H18N2O/c1-14-7-8-16(12-18)17(11-14)19(9-10-20)13-15-5-3-2-4-6-15/h2-8,11,20H,9-10,13H2,1H3. The lowest BCUT2D eigenvalue weighted by Crippen LogP contribution is -2.27. The molecule has 0 aromatic heterocycles. The predicted octanol–water partition coefficient (Wildman–Crippen LogP) is 2.87. The molecular weight excluding hydrogens is 248 g/mol. The first-order valence-corrected chi connectivity index (χ1v) is 6.65. The van der Waals surface area contributed by atoms with Crippen LogP contribution in [0.25, 0.3) is 0 Å². The van der Waals surface area contributed by atoms with E-state index in [9.17, 15) is 10.4 Å². The molecule has 0 saturated heterocycles. The van der Waals surface area contributed by atoms with Crippen LogP contribution >= 0.6 is 0 Å². The Morgan fingerprint density at radius 3 is 2.55 bits per heavy atom. The summed E-state index contributed by atoms with van der Waals surface area (Å²) < 4.78 is 0. The van der Waals surface area contributed by atoms with Gasteiger partial charge in [0, 0.05) is 13.1 Å². The second-order valence-electron chi connectivity index (χ2n) is 4.76. The van der Waals surface area contributed by atoms with Crippen molar-refractivity contribution >= 4 is 5.69 Å². The molecule has 0 heterocycles. The molecule has 2 rings (SSSR count). The molecule has 0 radical (unpaired) electrons. The van der Waals surface area contributed by atoms with Crippen LogP contribution in [0.1, 0.15) is 16.7 Å². The van der Waals surface area contributed by atoms with Crippen molar-refractivity contribution in [2.45, 2.75) is 13.5 Å². The van der Waals surface area contributed by atoms with Gasteiger partial charge < -0.3 is 10.0 Å². The summed E-state index contributed by atoms with van der Waals surface area (Å²) in [7, 11) is 0. The fourth-order valence-corrected chi connectivity index (χ4v) is 2.21. The Bertz CT molecular complexity index is 602. The predicted molar refractivity (Wildman–Crippen MR) is 80.5 cm³/mol. The highest BCUT2D eigenvalue weighted by molar-refractivity contribution is 5.61. The van der Waals surface area contributed by atoms with Gasteiger partial charge in [0.2, 0.25) is 0 Å². The molecule has 0 fully saturated rings. The van der Waals surface area contributed by atoms with E-state index in [0.717, 1.165) is 16.8 Å². The first-order valence-electron chi connectivity index (χ1n) is 6.65. The van der Waals surface area contributed by atoms with Crippen molar-refractivity contribution in [2.75, 3.05) is 18.1 Å². The largest absolute Gasteiger partial charge is 0.395 e. The van der Waals surface area contributed by atoms with E-state index < -0.39 is 0 Å². The first kappa shape index (κ1) is 14.1. The van der Waals surface area contributed by atoms with Crippen LogP contribution in [0.5, 0.6) is 0 Å². The molecule has 0 aliphatic heterocycles. The van der Waals surface area contributed by atoms with E-state index in [1.165, 1.54) is 0 Å². The number of rotatable bonds is 5. The fourth-order valence-electron chi connectivity index (χ4n) is 2.21. The average Bonchev–Trinajstić information content (AvgIpc) is 2.48. The van der Waals surface area contributed by atoms with Gasteiger partial charge in [-0.1, -0.05) is 36.4 Å². The van der Waals surface area contributed by atoms with Crippen molar-refractivity contribution < 1.29 is 5.11 Å². The van der Waals surface area contributed by atoms with Crippen molar-refractivity contribution in [3.63, 3.8) is 0 Å². The zero-order valence-electron chi connectivity index (χ0n) is 11.6. The zero-order chi connectivity index (χ0) is 14.4. The Kier molecular flexibility index (Phi) is 4.75. The van der Waals surface area contributed by atoms with E-state index in [0.29, 0.717) is 18.7 Å². The van der Waals surface area contributed by atoms with Crippen LogP contribution in [0, 0.1) is 18.3 Å². The Morgan fingerprint density at radius 1 is 1.15 bits per heavy atom. The van der Waals surface area contributed by atoms with Crippen LogP contribution in [0.3, 0.4) is 0 Å². The molecule has 0 unspecified atom stereocenters. The lowest BCUT2D eigenvalue weighted by molar-refractivity contribution is 0.301. The fraction of sp³-hybridized carbons (Fsp3) is 0.235. The molecular formula is C17H18N2O. The minimum absolute atomic E-state index is 0.0612. The minimum atomic E-state index is 0.0612. The van der Waals surface area contributed by atoms with Crippen LogP contribution in [-0.4, -0.2) is 18.3 Å². The van der Waals surface area contributed by atoms with Gasteiger partial charge >= 0.3 is 0 Å². The summed E-state index contributed by atoms with van der Waals surface area (Å²) in [4.78, 5) is 2.04. The number of nitriles is 1. The molecule has 1 N–H and O–H groups in total. The SMILES string of the molecule is Cc1ccc(C#N)c(N(CCO)Cc2ccccc2)c1. The second-order valence-corrected chi connectivity index (χ2v) is 4.76. The summed E-state index contributed by atoms with van der Waals surface area (Å²) in [5.41, 5.74) is 3.78. The molecule has 20 heavy (non-hydrogen) atoms. The summed E-state index contributed by atoms with van der Waals surface area (Å²) in [5, 5.41) is 18.5. The molecule has 0 bridgehead atoms. The molecule has 3 nitrogen and oxygen atoms in total.